The summed E-state index contributed by atoms with van der Waals surface area (Å²) in [6.45, 7) is 2.05. The number of aromatic nitrogens is 2. The second-order valence-electron chi connectivity index (χ2n) is 7.05. The Balaban J connectivity index is 0.00000169. The highest BCUT2D eigenvalue weighted by atomic mass is 35.5. The van der Waals surface area contributed by atoms with Gasteiger partial charge in [0.1, 0.15) is 5.75 Å². The van der Waals surface area contributed by atoms with E-state index in [1.807, 2.05) is 0 Å². The van der Waals surface area contributed by atoms with Gasteiger partial charge < -0.3 is 15.0 Å². The number of methoxy groups -OCH3 is 1. The number of benzene rings is 1. The maximum atomic E-state index is 6.34. The summed E-state index contributed by atoms with van der Waals surface area (Å²) >= 11 is 0. The molecule has 4 rings (SSSR count). The Morgan fingerprint density at radius 2 is 1.88 bits per heavy atom. The molecule has 1 aromatic heterocycles. The highest BCUT2D eigenvalue weighted by molar-refractivity contribution is 5.85. The number of nitrogens with two attached hydrogens (primary N) is 1. The van der Waals surface area contributed by atoms with E-state index in [-0.39, 0.29) is 23.4 Å². The molecule has 0 spiro atoms. The van der Waals surface area contributed by atoms with E-state index in [1.165, 1.54) is 12.0 Å². The van der Waals surface area contributed by atoms with E-state index in [0.717, 1.165) is 43.4 Å². The molecule has 5 nitrogen and oxygen atoms in total. The first-order valence-corrected chi connectivity index (χ1v) is 8.36. The summed E-state index contributed by atoms with van der Waals surface area (Å²) in [6, 6.07) is 6.37. The maximum Gasteiger partial charge on any atom is 0.237 e. The molecular formula is C18H24ClN3O2. The predicted octanol–water partition coefficient (Wildman–Crippen LogP) is 3.62. The van der Waals surface area contributed by atoms with Crippen LogP contribution in [0.15, 0.2) is 22.7 Å². The first-order chi connectivity index (χ1) is 11.1. The molecule has 0 unspecified atom stereocenters. The van der Waals surface area contributed by atoms with Crippen LogP contribution in [0.1, 0.15) is 61.4 Å². The molecule has 2 fully saturated rings. The molecule has 0 saturated heterocycles. The Bertz CT molecular complexity index is 736. The second kappa shape index (κ2) is 6.05. The number of hydrogen-bond donors (Lipinski definition) is 1. The third-order valence-electron chi connectivity index (χ3n) is 5.69. The van der Waals surface area contributed by atoms with Gasteiger partial charge >= 0.3 is 0 Å². The SMILES string of the molecule is COc1cc(C2(c3nc(C4(N)CCC4)no3)CCC2)ccc1C.Cl. The zero-order valence-corrected chi connectivity index (χ0v) is 15.0. The summed E-state index contributed by atoms with van der Waals surface area (Å²) in [7, 11) is 1.71. The molecule has 2 aliphatic rings. The van der Waals surface area contributed by atoms with Crippen molar-refractivity contribution >= 4 is 12.4 Å². The normalized spacial score (nSPS) is 20.5. The fourth-order valence-electron chi connectivity index (χ4n) is 3.68. The average molecular weight is 350 g/mol. The van der Waals surface area contributed by atoms with Crippen LogP contribution in [0.2, 0.25) is 0 Å². The van der Waals surface area contributed by atoms with Crippen molar-refractivity contribution in [3.05, 3.63) is 41.0 Å². The number of nitrogens with zero attached hydrogens (tertiary/aromatic N) is 2. The largest absolute Gasteiger partial charge is 0.496 e. The van der Waals surface area contributed by atoms with Gasteiger partial charge in [-0.3, -0.25) is 0 Å². The number of halogens is 1. The molecular weight excluding hydrogens is 326 g/mol. The fourth-order valence-corrected chi connectivity index (χ4v) is 3.68. The molecule has 130 valence electrons. The first kappa shape index (κ1) is 17.2. The maximum absolute atomic E-state index is 6.34. The van der Waals surface area contributed by atoms with Gasteiger partial charge in [-0.1, -0.05) is 23.7 Å². The molecule has 0 radical (unpaired) electrons. The standard InChI is InChI=1S/C18H23N3O2.ClH/c1-12-5-6-13(11-14(12)22-2)17(7-3-8-17)16-20-15(21-23-16)18(19)9-4-10-18;/h5-6,11H,3-4,7-10,19H2,1-2H3;1H. The smallest absolute Gasteiger partial charge is 0.237 e. The minimum absolute atomic E-state index is 0. The van der Waals surface area contributed by atoms with E-state index in [0.29, 0.717) is 11.7 Å². The zero-order valence-electron chi connectivity index (χ0n) is 14.2. The lowest BCUT2D eigenvalue weighted by molar-refractivity contribution is 0.209. The van der Waals surface area contributed by atoms with Crippen molar-refractivity contribution in [1.82, 2.24) is 10.1 Å². The van der Waals surface area contributed by atoms with Crippen molar-refractivity contribution in [2.75, 3.05) is 7.11 Å². The molecule has 2 N–H and O–H groups in total. The zero-order chi connectivity index (χ0) is 16.1. The lowest BCUT2D eigenvalue weighted by Crippen LogP contribution is -2.44. The van der Waals surface area contributed by atoms with E-state index in [4.69, 9.17) is 20.0 Å². The minimum Gasteiger partial charge on any atom is -0.496 e. The molecule has 0 aliphatic heterocycles. The third-order valence-corrected chi connectivity index (χ3v) is 5.69. The third kappa shape index (κ3) is 2.42. The van der Waals surface area contributed by atoms with Crippen molar-refractivity contribution in [1.29, 1.82) is 0 Å². The van der Waals surface area contributed by atoms with Gasteiger partial charge in [0.15, 0.2) is 5.82 Å². The van der Waals surface area contributed by atoms with Gasteiger partial charge in [-0.05, 0) is 56.2 Å². The Labute approximate surface area is 148 Å². The average Bonchev–Trinajstić information content (AvgIpc) is 2.95. The quantitative estimate of drug-likeness (QED) is 0.912. The van der Waals surface area contributed by atoms with Crippen LogP contribution >= 0.6 is 12.4 Å². The highest BCUT2D eigenvalue weighted by Crippen LogP contribution is 2.50. The molecule has 2 aliphatic carbocycles. The highest BCUT2D eigenvalue weighted by Gasteiger charge is 2.47. The van der Waals surface area contributed by atoms with Crippen LogP contribution in [0.4, 0.5) is 0 Å². The summed E-state index contributed by atoms with van der Waals surface area (Å²) in [6.07, 6.45) is 6.24. The van der Waals surface area contributed by atoms with Gasteiger partial charge in [-0.2, -0.15) is 4.98 Å². The monoisotopic (exact) mass is 349 g/mol. The van der Waals surface area contributed by atoms with Gasteiger partial charge in [-0.25, -0.2) is 0 Å². The molecule has 0 atom stereocenters. The molecule has 0 bridgehead atoms. The lowest BCUT2D eigenvalue weighted by Gasteiger charge is -2.39. The van der Waals surface area contributed by atoms with Crippen LogP contribution in [0.5, 0.6) is 5.75 Å². The van der Waals surface area contributed by atoms with Crippen LogP contribution in [0, 0.1) is 6.92 Å². The molecule has 2 saturated carbocycles. The number of hydrogen-bond acceptors (Lipinski definition) is 5. The van der Waals surface area contributed by atoms with Crippen molar-refractivity contribution < 1.29 is 9.26 Å². The van der Waals surface area contributed by atoms with Gasteiger partial charge in [0, 0.05) is 0 Å². The Kier molecular flexibility index (Phi) is 4.34. The van der Waals surface area contributed by atoms with E-state index >= 15 is 0 Å². The number of rotatable bonds is 4. The van der Waals surface area contributed by atoms with Gasteiger partial charge in [0.05, 0.1) is 18.1 Å². The van der Waals surface area contributed by atoms with Crippen molar-refractivity contribution in [2.45, 2.75) is 56.4 Å². The fraction of sp³-hybridized carbons (Fsp3) is 0.556. The first-order valence-electron chi connectivity index (χ1n) is 8.36. The molecule has 0 amide bonds. The molecule has 1 heterocycles. The van der Waals surface area contributed by atoms with E-state index in [2.05, 4.69) is 30.3 Å². The van der Waals surface area contributed by atoms with Gasteiger partial charge in [0.2, 0.25) is 5.89 Å². The molecule has 2 aromatic rings. The summed E-state index contributed by atoms with van der Waals surface area (Å²) < 4.78 is 11.2. The van der Waals surface area contributed by atoms with E-state index in [1.54, 1.807) is 7.11 Å². The van der Waals surface area contributed by atoms with Crippen LogP contribution in [-0.4, -0.2) is 17.3 Å². The van der Waals surface area contributed by atoms with Crippen LogP contribution in [-0.2, 0) is 11.0 Å². The summed E-state index contributed by atoms with van der Waals surface area (Å²) in [5.74, 6) is 2.29. The Hall–Kier alpha value is -1.59. The number of ether oxygens (including phenoxy) is 1. The molecule has 1 aromatic carbocycles. The summed E-state index contributed by atoms with van der Waals surface area (Å²) in [4.78, 5) is 4.71. The minimum atomic E-state index is -0.377. The van der Waals surface area contributed by atoms with E-state index in [9.17, 15) is 0 Å². The predicted molar refractivity (Wildman–Crippen MR) is 93.6 cm³/mol. The van der Waals surface area contributed by atoms with Crippen LogP contribution in [0.3, 0.4) is 0 Å². The summed E-state index contributed by atoms with van der Waals surface area (Å²) in [5, 5.41) is 4.20. The topological polar surface area (TPSA) is 74.2 Å². The van der Waals surface area contributed by atoms with Crippen LogP contribution in [0.25, 0.3) is 0 Å². The molecule has 24 heavy (non-hydrogen) atoms. The van der Waals surface area contributed by atoms with Gasteiger partial charge in [-0.15, -0.1) is 12.4 Å². The van der Waals surface area contributed by atoms with E-state index < -0.39 is 0 Å². The Morgan fingerprint density at radius 3 is 2.42 bits per heavy atom. The lowest BCUT2D eigenvalue weighted by atomic mass is 9.64. The number of aryl methyl sites for hydroxylation is 1. The molecule has 6 heteroatoms. The van der Waals surface area contributed by atoms with Crippen molar-refractivity contribution in [3.63, 3.8) is 0 Å². The van der Waals surface area contributed by atoms with Gasteiger partial charge in [0.25, 0.3) is 0 Å². The van der Waals surface area contributed by atoms with Crippen LogP contribution < -0.4 is 10.5 Å². The van der Waals surface area contributed by atoms with Crippen molar-refractivity contribution in [3.8, 4) is 5.75 Å². The van der Waals surface area contributed by atoms with Crippen molar-refractivity contribution in [2.24, 2.45) is 5.73 Å². The second-order valence-corrected chi connectivity index (χ2v) is 7.05. The Morgan fingerprint density at radius 1 is 1.17 bits per heavy atom. The summed E-state index contributed by atoms with van der Waals surface area (Å²) in [5.41, 5.74) is 8.12.